The first kappa shape index (κ1) is 19.4. The van der Waals surface area contributed by atoms with Crippen molar-refractivity contribution < 1.29 is 0 Å². The summed E-state index contributed by atoms with van der Waals surface area (Å²) < 4.78 is 2.24. The smallest absolute Gasteiger partial charge is 0.191 e. The van der Waals surface area contributed by atoms with Gasteiger partial charge in [-0.2, -0.15) is 0 Å². The molecule has 0 bridgehead atoms. The minimum absolute atomic E-state index is 0.589. The first-order valence-electron chi connectivity index (χ1n) is 10.1. The van der Waals surface area contributed by atoms with Gasteiger partial charge in [-0.3, -0.25) is 4.99 Å². The van der Waals surface area contributed by atoms with E-state index >= 15 is 0 Å². The Morgan fingerprint density at radius 2 is 1.96 bits per heavy atom. The summed E-state index contributed by atoms with van der Waals surface area (Å²) in [7, 11) is 1.80. The summed E-state index contributed by atoms with van der Waals surface area (Å²) in [5.74, 6) is 3.52. The first-order chi connectivity index (χ1) is 13.2. The number of hydrogen-bond acceptors (Lipinski definition) is 3. The topological polar surface area (TPSA) is 67.1 Å². The first-order valence-corrected chi connectivity index (χ1v) is 10.1. The number of aliphatic imine (C=N–C) groups is 1. The highest BCUT2D eigenvalue weighted by atomic mass is 15.3. The third-order valence-electron chi connectivity index (χ3n) is 5.15. The molecule has 0 aliphatic carbocycles. The monoisotopic (exact) mass is 368 g/mol. The largest absolute Gasteiger partial charge is 0.356 e. The molecule has 0 spiro atoms. The number of nitrogens with zero attached hydrogens (tertiary/aromatic N) is 4. The zero-order valence-electron chi connectivity index (χ0n) is 16.8. The Kier molecular flexibility index (Phi) is 6.85. The van der Waals surface area contributed by atoms with Crippen molar-refractivity contribution in [3.8, 4) is 0 Å². The van der Waals surface area contributed by atoms with E-state index in [4.69, 9.17) is 0 Å². The zero-order chi connectivity index (χ0) is 19.1. The Morgan fingerprint density at radius 1 is 1.15 bits per heavy atom. The van der Waals surface area contributed by atoms with Gasteiger partial charge in [-0.05, 0) is 42.7 Å². The number of guanidine groups is 1. The second-order valence-electron chi connectivity index (χ2n) is 7.49. The molecule has 2 heterocycles. The quantitative estimate of drug-likeness (QED) is 0.448. The summed E-state index contributed by atoms with van der Waals surface area (Å²) in [6.07, 6.45) is 5.61. The number of fused-ring (bicyclic) bond motifs is 1. The second kappa shape index (κ2) is 9.53. The molecule has 2 aromatic rings. The van der Waals surface area contributed by atoms with E-state index in [-0.39, 0.29) is 0 Å². The van der Waals surface area contributed by atoms with Gasteiger partial charge in [0.2, 0.25) is 0 Å². The van der Waals surface area contributed by atoms with Crippen LogP contribution >= 0.6 is 0 Å². The molecular weight excluding hydrogens is 336 g/mol. The van der Waals surface area contributed by atoms with E-state index in [1.807, 2.05) is 0 Å². The van der Waals surface area contributed by atoms with Crippen LogP contribution in [-0.4, -0.2) is 34.3 Å². The molecule has 0 saturated carbocycles. The summed E-state index contributed by atoms with van der Waals surface area (Å²) in [6.45, 7) is 7.04. The molecule has 0 saturated heterocycles. The molecule has 6 nitrogen and oxygen atoms in total. The molecule has 3 rings (SSSR count). The molecule has 1 aliphatic rings. The zero-order valence-corrected chi connectivity index (χ0v) is 16.8. The summed E-state index contributed by atoms with van der Waals surface area (Å²) >= 11 is 0. The lowest BCUT2D eigenvalue weighted by atomic mass is 10.0. The van der Waals surface area contributed by atoms with Crippen molar-refractivity contribution in [2.45, 2.75) is 65.0 Å². The number of rotatable bonds is 7. The van der Waals surface area contributed by atoms with Gasteiger partial charge < -0.3 is 15.2 Å². The predicted molar refractivity (Wildman–Crippen MR) is 110 cm³/mol. The van der Waals surface area contributed by atoms with Crippen molar-refractivity contribution >= 4 is 5.96 Å². The highest BCUT2D eigenvalue weighted by Crippen LogP contribution is 2.15. The van der Waals surface area contributed by atoms with Gasteiger partial charge in [0.05, 0.1) is 6.54 Å². The van der Waals surface area contributed by atoms with E-state index in [2.05, 4.69) is 68.5 Å². The van der Waals surface area contributed by atoms with Crippen LogP contribution in [-0.2, 0) is 25.9 Å². The van der Waals surface area contributed by atoms with Crippen molar-refractivity contribution in [3.63, 3.8) is 0 Å². The van der Waals surface area contributed by atoms with Crippen molar-refractivity contribution in [2.24, 2.45) is 4.99 Å². The van der Waals surface area contributed by atoms with E-state index < -0.39 is 0 Å². The molecule has 0 radical (unpaired) electrons. The maximum absolute atomic E-state index is 4.33. The molecule has 1 aliphatic heterocycles. The Balaban J connectivity index is 1.40. The van der Waals surface area contributed by atoms with Gasteiger partial charge in [-0.1, -0.05) is 38.1 Å². The number of aromatic nitrogens is 3. The average Bonchev–Trinajstić information content (AvgIpc) is 3.11. The van der Waals surface area contributed by atoms with Gasteiger partial charge in [0.25, 0.3) is 0 Å². The van der Waals surface area contributed by atoms with Crippen LogP contribution in [0, 0.1) is 0 Å². The molecule has 0 unspecified atom stereocenters. The summed E-state index contributed by atoms with van der Waals surface area (Å²) in [5.41, 5.74) is 2.79. The molecular formula is C21H32N6. The van der Waals surface area contributed by atoms with Crippen molar-refractivity contribution in [3.05, 3.63) is 47.0 Å². The minimum Gasteiger partial charge on any atom is -0.356 e. The van der Waals surface area contributed by atoms with Crippen LogP contribution in [0.3, 0.4) is 0 Å². The van der Waals surface area contributed by atoms with Gasteiger partial charge in [0.1, 0.15) is 5.82 Å². The van der Waals surface area contributed by atoms with E-state index in [1.54, 1.807) is 7.05 Å². The van der Waals surface area contributed by atoms with Crippen molar-refractivity contribution in [2.75, 3.05) is 13.6 Å². The Labute approximate surface area is 162 Å². The number of nitrogens with one attached hydrogen (secondary N) is 2. The number of hydrogen-bond donors (Lipinski definition) is 2. The van der Waals surface area contributed by atoms with Gasteiger partial charge in [0.15, 0.2) is 11.8 Å². The third kappa shape index (κ3) is 5.31. The molecule has 0 fully saturated rings. The molecule has 0 amide bonds. The highest BCUT2D eigenvalue weighted by Gasteiger charge is 2.15. The van der Waals surface area contributed by atoms with E-state index in [1.165, 1.54) is 24.0 Å². The van der Waals surface area contributed by atoms with Crippen molar-refractivity contribution in [1.29, 1.82) is 0 Å². The number of benzene rings is 1. The molecule has 1 aromatic heterocycles. The van der Waals surface area contributed by atoms with Crippen LogP contribution in [0.15, 0.2) is 29.3 Å². The average molecular weight is 369 g/mol. The lowest BCUT2D eigenvalue weighted by molar-refractivity contribution is 0.504. The summed E-state index contributed by atoms with van der Waals surface area (Å²) in [4.78, 5) is 4.31. The minimum atomic E-state index is 0.589. The van der Waals surface area contributed by atoms with E-state index in [0.29, 0.717) is 12.5 Å². The lowest BCUT2D eigenvalue weighted by Crippen LogP contribution is -2.38. The standard InChI is InChI=1S/C21H32N6/c1-16(2)18-11-9-17(10-12-18)7-6-13-23-21(22-3)24-15-20-26-25-19-8-4-5-14-27(19)20/h9-12,16H,4-8,13-15H2,1-3H3,(H2,22,23,24). The van der Waals surface area contributed by atoms with Gasteiger partial charge in [-0.15, -0.1) is 10.2 Å². The Bertz CT molecular complexity index is 745. The van der Waals surface area contributed by atoms with Crippen LogP contribution in [0.2, 0.25) is 0 Å². The van der Waals surface area contributed by atoms with E-state index in [9.17, 15) is 0 Å². The molecule has 6 heteroatoms. The van der Waals surface area contributed by atoms with E-state index in [0.717, 1.165) is 50.0 Å². The second-order valence-corrected chi connectivity index (χ2v) is 7.49. The fraction of sp³-hybridized carbons (Fsp3) is 0.571. The van der Waals surface area contributed by atoms with Crippen LogP contribution in [0.5, 0.6) is 0 Å². The maximum atomic E-state index is 4.33. The normalized spacial score (nSPS) is 14.3. The number of aryl methyl sites for hydroxylation is 2. The van der Waals surface area contributed by atoms with Crippen molar-refractivity contribution in [1.82, 2.24) is 25.4 Å². The maximum Gasteiger partial charge on any atom is 0.191 e. The predicted octanol–water partition coefficient (Wildman–Crippen LogP) is 3.04. The van der Waals surface area contributed by atoms with Crippen LogP contribution in [0.4, 0.5) is 0 Å². The molecule has 0 atom stereocenters. The SMILES string of the molecule is CN=C(NCCCc1ccc(C(C)C)cc1)NCc1nnc2n1CCCC2. The summed E-state index contributed by atoms with van der Waals surface area (Å²) in [5, 5.41) is 15.4. The highest BCUT2D eigenvalue weighted by molar-refractivity contribution is 5.79. The molecule has 146 valence electrons. The fourth-order valence-corrected chi connectivity index (χ4v) is 3.45. The lowest BCUT2D eigenvalue weighted by Gasteiger charge is -2.16. The molecule has 2 N–H and O–H groups in total. The van der Waals surface area contributed by atoms with Gasteiger partial charge in [0, 0.05) is 26.6 Å². The Morgan fingerprint density at radius 3 is 2.70 bits per heavy atom. The summed E-state index contributed by atoms with van der Waals surface area (Å²) in [6, 6.07) is 8.98. The van der Waals surface area contributed by atoms with Gasteiger partial charge >= 0.3 is 0 Å². The third-order valence-corrected chi connectivity index (χ3v) is 5.15. The Hall–Kier alpha value is -2.37. The van der Waals surface area contributed by atoms with Crippen LogP contribution in [0.25, 0.3) is 0 Å². The van der Waals surface area contributed by atoms with Crippen LogP contribution < -0.4 is 10.6 Å². The van der Waals surface area contributed by atoms with Gasteiger partial charge in [-0.25, -0.2) is 0 Å². The fourth-order valence-electron chi connectivity index (χ4n) is 3.45. The molecule has 1 aromatic carbocycles. The molecule has 27 heavy (non-hydrogen) atoms. The van der Waals surface area contributed by atoms with Crippen LogP contribution in [0.1, 0.15) is 61.8 Å².